The highest BCUT2D eigenvalue weighted by atomic mass is 32.2. The molecule has 9 nitrogen and oxygen atoms in total. The third kappa shape index (κ3) is 4.58. The minimum Gasteiger partial charge on any atom is -0.505 e. The molecule has 0 saturated carbocycles. The van der Waals surface area contributed by atoms with Gasteiger partial charge in [-0.1, -0.05) is 24.3 Å². The molecule has 0 saturated heterocycles. The summed E-state index contributed by atoms with van der Waals surface area (Å²) < 4.78 is 30.3. The van der Waals surface area contributed by atoms with Crippen LogP contribution in [-0.4, -0.2) is 41.3 Å². The molecule has 35 heavy (non-hydrogen) atoms. The van der Waals surface area contributed by atoms with Crippen LogP contribution in [-0.2, 0) is 14.3 Å². The van der Waals surface area contributed by atoms with E-state index in [2.05, 4.69) is 20.5 Å². The standard InChI is InChI=1S/C25H25N5O4S/c1-5-30(3)17-10-11-18-16(14-17)15-23(35(32,33)34-4)24(25(18)31)29-28-22-13-12-21(27-26-2)19-8-6-7-9-20(19)22/h6-15,31H,5H2,1-4H3. The molecule has 10 heteroatoms. The summed E-state index contributed by atoms with van der Waals surface area (Å²) in [5, 5.41) is 30.1. The predicted octanol–water partition coefficient (Wildman–Crippen LogP) is 6.62. The average Bonchev–Trinajstić information content (AvgIpc) is 2.88. The number of aromatic hydroxyl groups is 1. The van der Waals surface area contributed by atoms with Crippen LogP contribution in [0.4, 0.5) is 22.7 Å². The monoisotopic (exact) mass is 491 g/mol. The fraction of sp³-hybridized carbons (Fsp3) is 0.200. The Bertz CT molecular complexity index is 1580. The molecule has 4 aromatic carbocycles. The Morgan fingerprint density at radius 1 is 0.914 bits per heavy atom. The Morgan fingerprint density at radius 2 is 1.57 bits per heavy atom. The Kier molecular flexibility index (Phi) is 6.77. The van der Waals surface area contributed by atoms with E-state index in [-0.39, 0.29) is 16.3 Å². The molecular formula is C25H25N5O4S. The lowest BCUT2D eigenvalue weighted by Crippen LogP contribution is -2.15. The molecule has 0 amide bonds. The van der Waals surface area contributed by atoms with Gasteiger partial charge in [0.25, 0.3) is 10.1 Å². The van der Waals surface area contributed by atoms with Gasteiger partial charge in [-0.3, -0.25) is 4.18 Å². The predicted molar refractivity (Wildman–Crippen MR) is 137 cm³/mol. The van der Waals surface area contributed by atoms with Crippen molar-refractivity contribution in [1.29, 1.82) is 0 Å². The van der Waals surface area contributed by atoms with Crippen LogP contribution in [0.5, 0.6) is 5.75 Å². The lowest BCUT2D eigenvalue weighted by molar-refractivity contribution is 0.397. The zero-order valence-corrected chi connectivity index (χ0v) is 20.6. The van der Waals surface area contributed by atoms with Crippen LogP contribution >= 0.6 is 0 Å². The molecule has 0 heterocycles. The number of nitrogens with zero attached hydrogens (tertiary/aromatic N) is 5. The summed E-state index contributed by atoms with van der Waals surface area (Å²) >= 11 is 0. The maximum Gasteiger partial charge on any atom is 0.299 e. The summed E-state index contributed by atoms with van der Waals surface area (Å²) in [6.07, 6.45) is 0. The molecular weight excluding hydrogens is 466 g/mol. The van der Waals surface area contributed by atoms with E-state index in [9.17, 15) is 13.5 Å². The number of fused-ring (bicyclic) bond motifs is 2. The lowest BCUT2D eigenvalue weighted by Gasteiger charge is -2.18. The van der Waals surface area contributed by atoms with E-state index in [1.165, 1.54) is 6.07 Å². The third-order valence-electron chi connectivity index (χ3n) is 5.78. The molecule has 0 bridgehead atoms. The molecule has 1 N–H and O–H groups in total. The molecule has 0 atom stereocenters. The zero-order chi connectivity index (χ0) is 25.2. The minimum atomic E-state index is -4.20. The Morgan fingerprint density at radius 3 is 2.17 bits per heavy atom. The van der Waals surface area contributed by atoms with Gasteiger partial charge in [-0.25, -0.2) is 0 Å². The van der Waals surface area contributed by atoms with Gasteiger partial charge in [-0.2, -0.15) is 18.6 Å². The van der Waals surface area contributed by atoms with Crippen molar-refractivity contribution in [2.24, 2.45) is 20.5 Å². The summed E-state index contributed by atoms with van der Waals surface area (Å²) in [7, 11) is 0.379. The summed E-state index contributed by atoms with van der Waals surface area (Å²) in [5.41, 5.74) is 1.84. The Hall–Kier alpha value is -3.89. The quantitative estimate of drug-likeness (QED) is 0.230. The van der Waals surface area contributed by atoms with E-state index in [4.69, 9.17) is 4.18 Å². The van der Waals surface area contributed by atoms with Crippen LogP contribution in [0.3, 0.4) is 0 Å². The van der Waals surface area contributed by atoms with Crippen molar-refractivity contribution < 1.29 is 17.7 Å². The van der Waals surface area contributed by atoms with E-state index < -0.39 is 10.1 Å². The SMILES string of the molecule is CCN(C)c1ccc2c(O)c(N=Nc3ccc(N=NC)c4ccccc34)c(S(=O)(=O)OC)cc2c1. The van der Waals surface area contributed by atoms with Crippen LogP contribution in [0.1, 0.15) is 6.92 Å². The van der Waals surface area contributed by atoms with Gasteiger partial charge in [-0.15, -0.1) is 10.2 Å². The third-order valence-corrected chi connectivity index (χ3v) is 7.07. The lowest BCUT2D eigenvalue weighted by atomic mass is 10.1. The van der Waals surface area contributed by atoms with Crippen LogP contribution in [0.25, 0.3) is 21.5 Å². The highest BCUT2D eigenvalue weighted by Crippen LogP contribution is 2.43. The van der Waals surface area contributed by atoms with E-state index >= 15 is 0 Å². The number of hydrogen-bond acceptors (Lipinski definition) is 9. The van der Waals surface area contributed by atoms with Crippen LogP contribution in [0, 0.1) is 0 Å². The molecule has 0 unspecified atom stereocenters. The van der Waals surface area contributed by atoms with Crippen molar-refractivity contribution in [3.8, 4) is 5.75 Å². The smallest absolute Gasteiger partial charge is 0.299 e. The number of phenols is 1. The summed E-state index contributed by atoms with van der Waals surface area (Å²) in [5.74, 6) is -0.298. The molecule has 180 valence electrons. The zero-order valence-electron chi connectivity index (χ0n) is 19.8. The van der Waals surface area contributed by atoms with Crippen molar-refractivity contribution in [2.75, 3.05) is 32.6 Å². The van der Waals surface area contributed by atoms with E-state index in [0.29, 0.717) is 22.1 Å². The molecule has 0 fully saturated rings. The highest BCUT2D eigenvalue weighted by molar-refractivity contribution is 7.87. The van der Waals surface area contributed by atoms with Crippen molar-refractivity contribution in [2.45, 2.75) is 11.8 Å². The first-order valence-corrected chi connectivity index (χ1v) is 12.3. The number of phenolic OH excluding ortho intramolecular Hbond substituents is 1. The number of azo groups is 2. The van der Waals surface area contributed by atoms with Gasteiger partial charge in [0.1, 0.15) is 10.6 Å². The second-order valence-electron chi connectivity index (χ2n) is 7.76. The van der Waals surface area contributed by atoms with Crippen molar-refractivity contribution in [3.63, 3.8) is 0 Å². The highest BCUT2D eigenvalue weighted by Gasteiger charge is 2.24. The summed E-state index contributed by atoms with van der Waals surface area (Å²) in [6, 6.07) is 17.8. The molecule has 0 aliphatic heterocycles. The van der Waals surface area contributed by atoms with Gasteiger partial charge >= 0.3 is 0 Å². The normalized spacial score (nSPS) is 12.3. The largest absolute Gasteiger partial charge is 0.505 e. The van der Waals surface area contributed by atoms with E-state index in [1.807, 2.05) is 55.3 Å². The van der Waals surface area contributed by atoms with Gasteiger partial charge in [0.15, 0.2) is 5.75 Å². The van der Waals surface area contributed by atoms with Crippen LogP contribution in [0.15, 0.2) is 86.0 Å². The molecule has 4 aromatic rings. The topological polar surface area (TPSA) is 116 Å². The Labute approximate surface area is 203 Å². The second kappa shape index (κ2) is 9.77. The molecule has 0 aliphatic rings. The molecule has 0 aromatic heterocycles. The average molecular weight is 492 g/mol. The first-order valence-electron chi connectivity index (χ1n) is 10.9. The maximum absolute atomic E-state index is 12.8. The van der Waals surface area contributed by atoms with Crippen LogP contribution in [0.2, 0.25) is 0 Å². The number of anilines is 1. The van der Waals surface area contributed by atoms with Crippen molar-refractivity contribution >= 4 is 54.4 Å². The van der Waals surface area contributed by atoms with E-state index in [1.54, 1.807) is 25.2 Å². The molecule has 4 rings (SSSR count). The Balaban J connectivity index is 1.93. The molecule has 0 radical (unpaired) electrons. The maximum atomic E-state index is 12.8. The van der Waals surface area contributed by atoms with Gasteiger partial charge < -0.3 is 10.0 Å². The summed E-state index contributed by atoms with van der Waals surface area (Å²) in [4.78, 5) is 1.73. The van der Waals surface area contributed by atoms with Gasteiger partial charge in [-0.05, 0) is 48.7 Å². The van der Waals surface area contributed by atoms with Gasteiger partial charge in [0, 0.05) is 42.5 Å². The first-order chi connectivity index (χ1) is 16.8. The van der Waals surface area contributed by atoms with Gasteiger partial charge in [0.05, 0.1) is 18.5 Å². The van der Waals surface area contributed by atoms with Crippen molar-refractivity contribution in [1.82, 2.24) is 0 Å². The number of rotatable bonds is 7. The number of benzene rings is 4. The van der Waals surface area contributed by atoms with Crippen LogP contribution < -0.4 is 4.90 Å². The molecule has 0 spiro atoms. The van der Waals surface area contributed by atoms with Gasteiger partial charge in [0.2, 0.25) is 0 Å². The minimum absolute atomic E-state index is 0.197. The fourth-order valence-corrected chi connectivity index (χ4v) is 4.61. The van der Waals surface area contributed by atoms with E-state index in [0.717, 1.165) is 30.1 Å². The fourth-order valence-electron chi connectivity index (χ4n) is 3.79. The first kappa shape index (κ1) is 24.2. The summed E-state index contributed by atoms with van der Waals surface area (Å²) in [6.45, 7) is 2.77. The molecule has 0 aliphatic carbocycles. The second-order valence-corrected chi connectivity index (χ2v) is 9.44. The van der Waals surface area contributed by atoms with Crippen molar-refractivity contribution in [3.05, 3.63) is 60.7 Å². The number of hydrogen-bond donors (Lipinski definition) is 1.